The summed E-state index contributed by atoms with van der Waals surface area (Å²) >= 11 is 6.36. The highest BCUT2D eigenvalue weighted by atomic mass is 35.5. The fourth-order valence-electron chi connectivity index (χ4n) is 5.26. The van der Waals surface area contributed by atoms with Crippen LogP contribution in [0.25, 0.3) is 0 Å². The van der Waals surface area contributed by atoms with E-state index in [9.17, 15) is 9.90 Å². The predicted octanol–water partition coefficient (Wildman–Crippen LogP) is 4.88. The van der Waals surface area contributed by atoms with Crippen LogP contribution >= 0.6 is 11.6 Å². The number of carboxylic acid groups (broad SMARTS) is 1. The number of ether oxygens (including phenoxy) is 3. The Bertz CT molecular complexity index is 1110. The van der Waals surface area contributed by atoms with E-state index in [1.165, 1.54) is 6.07 Å². The number of piperidine rings is 1. The van der Waals surface area contributed by atoms with Crippen molar-refractivity contribution in [3.63, 3.8) is 0 Å². The van der Waals surface area contributed by atoms with E-state index in [1.54, 1.807) is 32.5 Å². The van der Waals surface area contributed by atoms with Crippen molar-refractivity contribution >= 4 is 28.9 Å². The highest BCUT2D eigenvalue weighted by molar-refractivity contribution is 6.33. The van der Waals surface area contributed by atoms with Crippen LogP contribution in [-0.4, -0.2) is 80.4 Å². The first-order valence-corrected chi connectivity index (χ1v) is 14.0. The van der Waals surface area contributed by atoms with Crippen LogP contribution in [-0.2, 0) is 9.53 Å². The van der Waals surface area contributed by atoms with E-state index in [-0.39, 0.29) is 42.8 Å². The SMILES string of the molecule is COCCCO.COc1cc(N2CCC(Oc3ccc(N4CCC(C)C4CC(=O)O)c(F)c3)C(C)C2)c(Cl)cn1. The summed E-state index contributed by atoms with van der Waals surface area (Å²) in [5.41, 5.74) is 1.32. The number of carbonyl (C=O) groups is 1. The maximum atomic E-state index is 15.1. The monoisotopic (exact) mass is 581 g/mol. The summed E-state index contributed by atoms with van der Waals surface area (Å²) in [7, 11) is 3.19. The smallest absolute Gasteiger partial charge is 0.305 e. The number of aliphatic hydroxyl groups excluding tert-OH is 1. The molecule has 4 atom stereocenters. The minimum Gasteiger partial charge on any atom is -0.490 e. The normalized spacial score (nSPS) is 22.5. The van der Waals surface area contributed by atoms with Crippen LogP contribution in [0.5, 0.6) is 11.6 Å². The van der Waals surface area contributed by atoms with Crippen molar-refractivity contribution in [3.05, 3.63) is 41.3 Å². The number of hydrogen-bond donors (Lipinski definition) is 2. The average Bonchev–Trinajstić information content (AvgIpc) is 3.28. The molecular weight excluding hydrogens is 541 g/mol. The summed E-state index contributed by atoms with van der Waals surface area (Å²) in [5, 5.41) is 17.9. The molecule has 11 heteroatoms. The zero-order chi connectivity index (χ0) is 29.2. The summed E-state index contributed by atoms with van der Waals surface area (Å²) in [6, 6.07) is 6.53. The van der Waals surface area contributed by atoms with Crippen molar-refractivity contribution < 1.29 is 33.6 Å². The number of rotatable bonds is 10. The number of aliphatic carboxylic acids is 1. The second kappa shape index (κ2) is 15.3. The molecule has 4 unspecified atom stereocenters. The fourth-order valence-corrected chi connectivity index (χ4v) is 5.48. The maximum absolute atomic E-state index is 15.1. The molecule has 2 saturated heterocycles. The zero-order valence-electron chi connectivity index (χ0n) is 23.7. The van der Waals surface area contributed by atoms with Crippen LogP contribution in [0.3, 0.4) is 0 Å². The molecule has 9 nitrogen and oxygen atoms in total. The number of carboxylic acids is 1. The lowest BCUT2D eigenvalue weighted by Gasteiger charge is -2.38. The third-order valence-corrected chi connectivity index (χ3v) is 7.77. The number of methoxy groups -OCH3 is 2. The highest BCUT2D eigenvalue weighted by Gasteiger charge is 2.34. The number of aliphatic hydroxyl groups is 1. The van der Waals surface area contributed by atoms with Gasteiger partial charge in [-0.2, -0.15) is 0 Å². The third kappa shape index (κ3) is 8.34. The predicted molar refractivity (Wildman–Crippen MR) is 153 cm³/mol. The van der Waals surface area contributed by atoms with E-state index in [4.69, 9.17) is 26.2 Å². The Morgan fingerprint density at radius 2 is 1.93 bits per heavy atom. The van der Waals surface area contributed by atoms with Gasteiger partial charge in [0.05, 0.1) is 36.1 Å². The third-order valence-electron chi connectivity index (χ3n) is 7.48. The number of benzene rings is 1. The van der Waals surface area contributed by atoms with Crippen LogP contribution in [0.1, 0.15) is 39.5 Å². The van der Waals surface area contributed by atoms with Crippen molar-refractivity contribution in [1.29, 1.82) is 0 Å². The Kier molecular flexibility index (Phi) is 12.1. The fraction of sp³-hybridized carbons (Fsp3) is 0.586. The number of nitrogens with zero attached hydrogens (tertiary/aromatic N) is 3. The Hall–Kier alpha value is -2.82. The molecule has 40 heavy (non-hydrogen) atoms. The molecule has 0 radical (unpaired) electrons. The van der Waals surface area contributed by atoms with E-state index >= 15 is 4.39 Å². The Balaban J connectivity index is 0.000000663. The second-order valence-electron chi connectivity index (χ2n) is 10.4. The van der Waals surface area contributed by atoms with Gasteiger partial charge in [0.15, 0.2) is 0 Å². The van der Waals surface area contributed by atoms with Gasteiger partial charge in [-0.25, -0.2) is 9.37 Å². The summed E-state index contributed by atoms with van der Waals surface area (Å²) in [4.78, 5) is 19.5. The molecule has 2 fully saturated rings. The lowest BCUT2D eigenvalue weighted by Crippen LogP contribution is -2.44. The average molecular weight is 582 g/mol. The van der Waals surface area contributed by atoms with Gasteiger partial charge in [-0.1, -0.05) is 25.4 Å². The quantitative estimate of drug-likeness (QED) is 0.380. The molecule has 0 amide bonds. The number of hydrogen-bond acceptors (Lipinski definition) is 8. The topological polar surface area (TPSA) is 105 Å². The number of pyridine rings is 1. The van der Waals surface area contributed by atoms with Gasteiger partial charge in [0.1, 0.15) is 17.7 Å². The summed E-state index contributed by atoms with van der Waals surface area (Å²) in [5.74, 6) is 0.132. The van der Waals surface area contributed by atoms with Crippen molar-refractivity contribution in [1.82, 2.24) is 4.98 Å². The molecular formula is C29H41ClFN3O6. The van der Waals surface area contributed by atoms with E-state index in [0.29, 0.717) is 35.5 Å². The number of anilines is 2. The van der Waals surface area contributed by atoms with Crippen LogP contribution in [0.2, 0.25) is 5.02 Å². The minimum atomic E-state index is -0.865. The van der Waals surface area contributed by atoms with Gasteiger partial charge in [-0.05, 0) is 30.9 Å². The molecule has 0 saturated carbocycles. The second-order valence-corrected chi connectivity index (χ2v) is 10.8. The molecule has 0 bridgehead atoms. The maximum Gasteiger partial charge on any atom is 0.305 e. The molecule has 0 aliphatic carbocycles. The molecule has 1 aromatic carbocycles. The van der Waals surface area contributed by atoms with Gasteiger partial charge >= 0.3 is 5.97 Å². The molecule has 2 aromatic rings. The molecule has 4 rings (SSSR count). The summed E-state index contributed by atoms with van der Waals surface area (Å²) < 4.78 is 31.1. The van der Waals surface area contributed by atoms with Gasteiger partial charge in [-0.3, -0.25) is 4.79 Å². The number of aromatic nitrogens is 1. The van der Waals surface area contributed by atoms with E-state index < -0.39 is 5.97 Å². The zero-order valence-corrected chi connectivity index (χ0v) is 24.4. The lowest BCUT2D eigenvalue weighted by atomic mass is 9.96. The van der Waals surface area contributed by atoms with Gasteiger partial charge in [-0.15, -0.1) is 0 Å². The summed E-state index contributed by atoms with van der Waals surface area (Å²) in [6.07, 6.45) is 3.89. The van der Waals surface area contributed by atoms with Gasteiger partial charge in [0.25, 0.3) is 0 Å². The molecule has 222 valence electrons. The van der Waals surface area contributed by atoms with Crippen LogP contribution < -0.4 is 19.3 Å². The first-order chi connectivity index (χ1) is 19.2. The van der Waals surface area contributed by atoms with Crippen molar-refractivity contribution in [2.45, 2.75) is 51.7 Å². The standard InChI is InChI=1S/C25H31ClFN3O4.C4H10O2/c1-15-6-9-30(21(15)12-25(31)32)20-5-4-17(10-19(20)27)34-23-7-8-29(14-16(23)2)22-11-24(33-3)28-13-18(22)26;1-6-4-2-3-5/h4-5,10-11,13,15-16,21,23H,6-9,12,14H2,1-3H3,(H,31,32);5H,2-4H2,1H3. The molecule has 2 N–H and O–H groups in total. The first kappa shape index (κ1) is 31.7. The summed E-state index contributed by atoms with van der Waals surface area (Å²) in [6.45, 7) is 7.14. The van der Waals surface area contributed by atoms with Crippen LogP contribution in [0, 0.1) is 17.7 Å². The van der Waals surface area contributed by atoms with Crippen molar-refractivity contribution in [2.24, 2.45) is 11.8 Å². The largest absolute Gasteiger partial charge is 0.490 e. The first-order valence-electron chi connectivity index (χ1n) is 13.7. The lowest BCUT2D eigenvalue weighted by molar-refractivity contribution is -0.137. The molecule has 3 heterocycles. The minimum absolute atomic E-state index is 0.00230. The Morgan fingerprint density at radius 3 is 2.52 bits per heavy atom. The molecule has 1 aromatic heterocycles. The molecule has 2 aliphatic heterocycles. The Morgan fingerprint density at radius 1 is 1.15 bits per heavy atom. The van der Waals surface area contributed by atoms with Gasteiger partial charge in [0, 0.05) is 70.5 Å². The highest BCUT2D eigenvalue weighted by Crippen LogP contribution is 2.36. The van der Waals surface area contributed by atoms with Crippen LogP contribution in [0.15, 0.2) is 30.5 Å². The van der Waals surface area contributed by atoms with E-state index in [2.05, 4.69) is 21.5 Å². The molecule has 0 spiro atoms. The Labute approximate surface area is 240 Å². The van der Waals surface area contributed by atoms with Crippen molar-refractivity contribution in [2.75, 3.05) is 56.9 Å². The van der Waals surface area contributed by atoms with Crippen LogP contribution in [0.4, 0.5) is 15.8 Å². The van der Waals surface area contributed by atoms with E-state index in [0.717, 1.165) is 38.0 Å². The molecule has 2 aliphatic rings. The van der Waals surface area contributed by atoms with Gasteiger partial charge in [0.2, 0.25) is 5.88 Å². The van der Waals surface area contributed by atoms with Gasteiger partial charge < -0.3 is 34.2 Å². The van der Waals surface area contributed by atoms with E-state index in [1.807, 2.05) is 17.9 Å². The van der Waals surface area contributed by atoms with Crippen molar-refractivity contribution in [3.8, 4) is 11.6 Å². The number of halogens is 2.